The molecule has 2 rings (SSSR count). The van der Waals surface area contributed by atoms with E-state index in [0.29, 0.717) is 16.3 Å². The lowest BCUT2D eigenvalue weighted by atomic mass is 10.0. The standard InChI is InChI=1S/C16H18ClNO2/c1-10-14(19)9-13(11-5-7-12(17)8-6-11)18(15(10)20)16(2,3)4/h5-9,19H,1-4H3. The van der Waals surface area contributed by atoms with Crippen molar-refractivity contribution in [1.29, 1.82) is 0 Å². The van der Waals surface area contributed by atoms with Crippen molar-refractivity contribution in [3.63, 3.8) is 0 Å². The summed E-state index contributed by atoms with van der Waals surface area (Å²) in [5.74, 6) is 0.0143. The summed E-state index contributed by atoms with van der Waals surface area (Å²) in [6.45, 7) is 7.52. The van der Waals surface area contributed by atoms with E-state index in [2.05, 4.69) is 0 Å². The fourth-order valence-electron chi connectivity index (χ4n) is 2.19. The van der Waals surface area contributed by atoms with Crippen molar-refractivity contribution >= 4 is 11.6 Å². The molecule has 0 saturated carbocycles. The van der Waals surface area contributed by atoms with Gasteiger partial charge in [-0.1, -0.05) is 23.7 Å². The average Bonchev–Trinajstić information content (AvgIpc) is 2.34. The summed E-state index contributed by atoms with van der Waals surface area (Å²) in [5.41, 5.74) is 1.32. The molecular weight excluding hydrogens is 274 g/mol. The molecule has 0 atom stereocenters. The molecule has 0 aliphatic rings. The number of halogens is 1. The van der Waals surface area contributed by atoms with Crippen LogP contribution < -0.4 is 5.56 Å². The highest BCUT2D eigenvalue weighted by Gasteiger charge is 2.22. The molecule has 0 amide bonds. The van der Waals surface area contributed by atoms with E-state index < -0.39 is 0 Å². The zero-order chi connectivity index (χ0) is 15.1. The highest BCUT2D eigenvalue weighted by atomic mass is 35.5. The Morgan fingerprint density at radius 2 is 1.70 bits per heavy atom. The molecule has 1 aromatic heterocycles. The summed E-state index contributed by atoms with van der Waals surface area (Å²) in [7, 11) is 0. The van der Waals surface area contributed by atoms with E-state index in [1.165, 1.54) is 0 Å². The maximum absolute atomic E-state index is 12.5. The third-order valence-corrected chi connectivity index (χ3v) is 3.49. The molecule has 1 N–H and O–H groups in total. The molecule has 1 heterocycles. The van der Waals surface area contributed by atoms with Crippen LogP contribution in [0.15, 0.2) is 35.1 Å². The van der Waals surface area contributed by atoms with Gasteiger partial charge in [-0.05, 0) is 45.4 Å². The van der Waals surface area contributed by atoms with E-state index in [9.17, 15) is 9.90 Å². The van der Waals surface area contributed by atoms with Crippen LogP contribution in [0.2, 0.25) is 5.02 Å². The average molecular weight is 292 g/mol. The van der Waals surface area contributed by atoms with E-state index in [-0.39, 0.29) is 16.8 Å². The van der Waals surface area contributed by atoms with Crippen molar-refractivity contribution in [3.05, 3.63) is 51.3 Å². The quantitative estimate of drug-likeness (QED) is 0.865. The highest BCUT2D eigenvalue weighted by Crippen LogP contribution is 2.29. The smallest absolute Gasteiger partial charge is 0.258 e. The second-order valence-electron chi connectivity index (χ2n) is 5.86. The van der Waals surface area contributed by atoms with Gasteiger partial charge < -0.3 is 9.67 Å². The van der Waals surface area contributed by atoms with Gasteiger partial charge >= 0.3 is 0 Å². The first kappa shape index (κ1) is 14.7. The van der Waals surface area contributed by atoms with Crippen molar-refractivity contribution in [2.75, 3.05) is 0 Å². The Bertz CT molecular complexity index is 694. The number of hydrogen-bond acceptors (Lipinski definition) is 2. The molecule has 3 nitrogen and oxygen atoms in total. The molecule has 0 spiro atoms. The molecular formula is C16H18ClNO2. The van der Waals surface area contributed by atoms with E-state index in [1.807, 2.05) is 32.9 Å². The number of hydrogen-bond donors (Lipinski definition) is 1. The molecule has 4 heteroatoms. The molecule has 0 fully saturated rings. The first-order valence-corrected chi connectivity index (χ1v) is 6.81. The molecule has 0 unspecified atom stereocenters. The summed E-state index contributed by atoms with van der Waals surface area (Å²) in [6, 6.07) is 8.85. The second kappa shape index (κ2) is 4.98. The lowest BCUT2D eigenvalue weighted by Gasteiger charge is -2.27. The van der Waals surface area contributed by atoms with Crippen LogP contribution in [0.1, 0.15) is 26.3 Å². The van der Waals surface area contributed by atoms with Crippen LogP contribution in [0.25, 0.3) is 11.3 Å². The monoisotopic (exact) mass is 291 g/mol. The number of rotatable bonds is 1. The van der Waals surface area contributed by atoms with E-state index in [1.54, 1.807) is 29.7 Å². The summed E-state index contributed by atoms with van der Waals surface area (Å²) in [4.78, 5) is 12.5. The van der Waals surface area contributed by atoms with Crippen LogP contribution in [-0.4, -0.2) is 9.67 Å². The number of nitrogens with zero attached hydrogens (tertiary/aromatic N) is 1. The third kappa shape index (κ3) is 2.59. The molecule has 0 aliphatic heterocycles. The minimum Gasteiger partial charge on any atom is -0.507 e. The Kier molecular flexibility index (Phi) is 3.65. The number of benzene rings is 1. The Labute approximate surface area is 123 Å². The Morgan fingerprint density at radius 1 is 1.15 bits per heavy atom. The van der Waals surface area contributed by atoms with Crippen molar-refractivity contribution in [1.82, 2.24) is 4.57 Å². The van der Waals surface area contributed by atoms with E-state index >= 15 is 0 Å². The summed E-state index contributed by atoms with van der Waals surface area (Å²) < 4.78 is 1.70. The number of aromatic hydroxyl groups is 1. The van der Waals surface area contributed by atoms with Gasteiger partial charge in [-0.15, -0.1) is 0 Å². The molecule has 106 valence electrons. The minimum absolute atomic E-state index is 0.0143. The van der Waals surface area contributed by atoms with E-state index in [4.69, 9.17) is 11.6 Å². The molecule has 20 heavy (non-hydrogen) atoms. The zero-order valence-electron chi connectivity index (χ0n) is 12.1. The second-order valence-corrected chi connectivity index (χ2v) is 6.29. The summed E-state index contributed by atoms with van der Waals surface area (Å²) >= 11 is 5.90. The fraction of sp³-hybridized carbons (Fsp3) is 0.312. The summed E-state index contributed by atoms with van der Waals surface area (Å²) in [6.07, 6.45) is 0. The normalized spacial score (nSPS) is 11.7. The van der Waals surface area contributed by atoms with Gasteiger partial charge in [0.2, 0.25) is 0 Å². The first-order chi connectivity index (χ1) is 9.21. The SMILES string of the molecule is Cc1c(O)cc(-c2ccc(Cl)cc2)n(C(C)(C)C)c1=O. The predicted octanol–water partition coefficient (Wildman–Crippen LogP) is 3.94. The summed E-state index contributed by atoms with van der Waals surface area (Å²) in [5, 5.41) is 10.6. The van der Waals surface area contributed by atoms with Gasteiger partial charge in [0.1, 0.15) is 5.75 Å². The lowest BCUT2D eigenvalue weighted by Crippen LogP contribution is -2.36. The van der Waals surface area contributed by atoms with Crippen molar-refractivity contribution in [3.8, 4) is 17.0 Å². The van der Waals surface area contributed by atoms with Crippen molar-refractivity contribution < 1.29 is 5.11 Å². The van der Waals surface area contributed by atoms with Gasteiger partial charge in [-0.2, -0.15) is 0 Å². The highest BCUT2D eigenvalue weighted by molar-refractivity contribution is 6.30. The Morgan fingerprint density at radius 3 is 2.20 bits per heavy atom. The van der Waals surface area contributed by atoms with E-state index in [0.717, 1.165) is 5.56 Å². The lowest BCUT2D eigenvalue weighted by molar-refractivity contribution is 0.382. The van der Waals surface area contributed by atoms with Crippen LogP contribution >= 0.6 is 11.6 Å². The minimum atomic E-state index is -0.384. The Balaban J connectivity index is 2.82. The van der Waals surface area contributed by atoms with Gasteiger partial charge in [-0.3, -0.25) is 4.79 Å². The molecule has 1 aromatic carbocycles. The molecule has 2 aromatic rings. The van der Waals surface area contributed by atoms with Gasteiger partial charge in [-0.25, -0.2) is 0 Å². The third-order valence-electron chi connectivity index (χ3n) is 3.23. The maximum Gasteiger partial charge on any atom is 0.258 e. The molecule has 0 saturated heterocycles. The zero-order valence-corrected chi connectivity index (χ0v) is 12.8. The largest absolute Gasteiger partial charge is 0.507 e. The van der Waals surface area contributed by atoms with Crippen LogP contribution in [0.4, 0.5) is 0 Å². The van der Waals surface area contributed by atoms with Gasteiger partial charge in [0.15, 0.2) is 0 Å². The van der Waals surface area contributed by atoms with Gasteiger partial charge in [0.05, 0.1) is 11.3 Å². The predicted molar refractivity (Wildman–Crippen MR) is 82.5 cm³/mol. The van der Waals surface area contributed by atoms with Crippen molar-refractivity contribution in [2.45, 2.75) is 33.2 Å². The number of aromatic nitrogens is 1. The van der Waals surface area contributed by atoms with Crippen LogP contribution in [0.5, 0.6) is 5.75 Å². The van der Waals surface area contributed by atoms with Gasteiger partial charge in [0.25, 0.3) is 5.56 Å². The van der Waals surface area contributed by atoms with Crippen LogP contribution in [0, 0.1) is 6.92 Å². The fourth-order valence-corrected chi connectivity index (χ4v) is 2.31. The maximum atomic E-state index is 12.5. The molecule has 0 radical (unpaired) electrons. The van der Waals surface area contributed by atoms with Crippen LogP contribution in [0.3, 0.4) is 0 Å². The topological polar surface area (TPSA) is 42.2 Å². The van der Waals surface area contributed by atoms with Crippen molar-refractivity contribution in [2.24, 2.45) is 0 Å². The molecule has 0 bridgehead atoms. The first-order valence-electron chi connectivity index (χ1n) is 6.44. The van der Waals surface area contributed by atoms with Crippen LogP contribution in [-0.2, 0) is 5.54 Å². The Hall–Kier alpha value is -1.74. The van der Waals surface area contributed by atoms with Gasteiger partial charge in [0, 0.05) is 16.6 Å². The number of pyridine rings is 1. The molecule has 0 aliphatic carbocycles.